The van der Waals surface area contributed by atoms with Crippen LogP contribution in [0.4, 0.5) is 10.5 Å². The Kier molecular flexibility index (Phi) is 6.31. The van der Waals surface area contributed by atoms with Crippen LogP contribution in [0, 0.1) is 0 Å². The summed E-state index contributed by atoms with van der Waals surface area (Å²) in [4.78, 5) is 49.1. The predicted molar refractivity (Wildman–Crippen MR) is 109 cm³/mol. The van der Waals surface area contributed by atoms with Gasteiger partial charge in [0.25, 0.3) is 5.91 Å². The molecular weight excluding hydrogens is 388 g/mol. The summed E-state index contributed by atoms with van der Waals surface area (Å²) in [5.74, 6) is -0.543. The maximum atomic E-state index is 12.6. The van der Waals surface area contributed by atoms with Crippen molar-refractivity contribution < 1.29 is 23.9 Å². The summed E-state index contributed by atoms with van der Waals surface area (Å²) in [6.45, 7) is 0.142. The molecule has 0 aromatic heterocycles. The average molecular weight is 410 g/mol. The van der Waals surface area contributed by atoms with Gasteiger partial charge in [-0.05, 0) is 48.4 Å². The molecule has 2 aromatic carbocycles. The zero-order chi connectivity index (χ0) is 21.7. The number of methoxy groups -OCH3 is 1. The van der Waals surface area contributed by atoms with E-state index in [1.165, 1.54) is 12.1 Å². The van der Waals surface area contributed by atoms with Gasteiger partial charge in [-0.2, -0.15) is 0 Å². The molecule has 3 rings (SSSR count). The van der Waals surface area contributed by atoms with E-state index in [4.69, 9.17) is 10.5 Å². The number of hydrogen-bond acceptors (Lipinski definition) is 5. The van der Waals surface area contributed by atoms with Crippen molar-refractivity contribution in [3.8, 4) is 5.75 Å². The molecule has 0 spiro atoms. The Morgan fingerprint density at radius 1 is 1.10 bits per heavy atom. The van der Waals surface area contributed by atoms with Gasteiger partial charge in [0, 0.05) is 17.7 Å². The van der Waals surface area contributed by atoms with Gasteiger partial charge in [0.2, 0.25) is 11.8 Å². The van der Waals surface area contributed by atoms with Crippen molar-refractivity contribution in [2.75, 3.05) is 12.4 Å². The first-order chi connectivity index (χ1) is 14.4. The van der Waals surface area contributed by atoms with Crippen LogP contribution in [0.1, 0.15) is 28.8 Å². The van der Waals surface area contributed by atoms with Gasteiger partial charge in [-0.1, -0.05) is 12.1 Å². The summed E-state index contributed by atoms with van der Waals surface area (Å²) in [6.07, 6.45) is 0.222. The Bertz CT molecular complexity index is 956. The van der Waals surface area contributed by atoms with Crippen molar-refractivity contribution in [1.29, 1.82) is 0 Å². The zero-order valence-electron chi connectivity index (χ0n) is 16.4. The van der Waals surface area contributed by atoms with Gasteiger partial charge in [-0.3, -0.25) is 19.3 Å². The SMILES string of the molecule is COc1ccc(CN2C(=O)NC(CCC(=O)Nc3ccc(C(N)=O)cc3)C2=O)cc1. The first kappa shape index (κ1) is 20.8. The molecule has 1 heterocycles. The molecule has 0 radical (unpaired) electrons. The average Bonchev–Trinajstić information content (AvgIpc) is 3.00. The lowest BCUT2D eigenvalue weighted by molar-refractivity contribution is -0.128. The maximum Gasteiger partial charge on any atom is 0.325 e. The number of rotatable bonds is 8. The second kappa shape index (κ2) is 9.08. The Balaban J connectivity index is 1.51. The van der Waals surface area contributed by atoms with E-state index in [1.807, 2.05) is 0 Å². The molecule has 1 saturated heterocycles. The second-order valence-electron chi connectivity index (χ2n) is 6.80. The minimum Gasteiger partial charge on any atom is -0.497 e. The molecule has 156 valence electrons. The predicted octanol–water partition coefficient (Wildman–Crippen LogP) is 1.63. The van der Waals surface area contributed by atoms with Crippen LogP contribution in [0.3, 0.4) is 0 Å². The van der Waals surface area contributed by atoms with Crippen molar-refractivity contribution in [1.82, 2.24) is 10.2 Å². The number of nitrogens with zero attached hydrogens (tertiary/aromatic N) is 1. The lowest BCUT2D eigenvalue weighted by atomic mass is 10.1. The minimum absolute atomic E-state index is 0.0463. The summed E-state index contributed by atoms with van der Waals surface area (Å²) in [5, 5.41) is 5.30. The maximum absolute atomic E-state index is 12.6. The van der Waals surface area contributed by atoms with E-state index in [1.54, 1.807) is 43.5 Å². The molecule has 1 aliphatic rings. The van der Waals surface area contributed by atoms with Gasteiger partial charge in [0.1, 0.15) is 11.8 Å². The fourth-order valence-electron chi connectivity index (χ4n) is 3.05. The molecule has 30 heavy (non-hydrogen) atoms. The molecule has 0 saturated carbocycles. The van der Waals surface area contributed by atoms with E-state index in [0.717, 1.165) is 10.5 Å². The summed E-state index contributed by atoms with van der Waals surface area (Å²) in [7, 11) is 1.56. The number of amides is 5. The number of carbonyl (C=O) groups excluding carboxylic acids is 4. The van der Waals surface area contributed by atoms with Gasteiger partial charge in [-0.25, -0.2) is 4.79 Å². The van der Waals surface area contributed by atoms with E-state index in [-0.39, 0.29) is 31.2 Å². The third kappa shape index (κ3) is 4.93. The first-order valence-corrected chi connectivity index (χ1v) is 9.32. The monoisotopic (exact) mass is 410 g/mol. The lowest BCUT2D eigenvalue weighted by Crippen LogP contribution is -2.31. The van der Waals surface area contributed by atoms with E-state index in [9.17, 15) is 19.2 Å². The number of imide groups is 1. The Hall–Kier alpha value is -3.88. The molecule has 5 amide bonds. The van der Waals surface area contributed by atoms with Crippen molar-refractivity contribution in [3.05, 3.63) is 59.7 Å². The minimum atomic E-state index is -0.751. The van der Waals surface area contributed by atoms with E-state index in [2.05, 4.69) is 10.6 Å². The molecule has 4 N–H and O–H groups in total. The summed E-state index contributed by atoms with van der Waals surface area (Å²) >= 11 is 0. The Labute approximate surface area is 173 Å². The number of hydrogen-bond donors (Lipinski definition) is 3. The fourth-order valence-corrected chi connectivity index (χ4v) is 3.05. The van der Waals surface area contributed by atoms with Crippen molar-refractivity contribution >= 4 is 29.4 Å². The highest BCUT2D eigenvalue weighted by Crippen LogP contribution is 2.18. The first-order valence-electron chi connectivity index (χ1n) is 9.32. The molecule has 0 bridgehead atoms. The van der Waals surface area contributed by atoms with Crippen LogP contribution in [0.15, 0.2) is 48.5 Å². The number of anilines is 1. The van der Waals surface area contributed by atoms with E-state index in [0.29, 0.717) is 17.0 Å². The smallest absolute Gasteiger partial charge is 0.325 e. The highest BCUT2D eigenvalue weighted by molar-refractivity contribution is 6.04. The number of urea groups is 1. The largest absolute Gasteiger partial charge is 0.497 e. The molecular formula is C21H22N4O5. The fraction of sp³-hybridized carbons (Fsp3) is 0.238. The standard InChI is InChI=1S/C21H22N4O5/c1-30-16-8-2-13(3-9-16)12-25-20(28)17(24-21(25)29)10-11-18(26)23-15-6-4-14(5-7-15)19(22)27/h2-9,17H,10-12H2,1H3,(H2,22,27)(H,23,26)(H,24,29). The summed E-state index contributed by atoms with van der Waals surface area (Å²) in [6, 6.07) is 12.0. The molecule has 2 aromatic rings. The molecule has 0 aliphatic carbocycles. The number of ether oxygens (including phenoxy) is 1. The van der Waals surface area contributed by atoms with Gasteiger partial charge in [0.05, 0.1) is 13.7 Å². The van der Waals surface area contributed by atoms with Gasteiger partial charge < -0.3 is 21.1 Å². The number of carbonyl (C=O) groups is 4. The van der Waals surface area contributed by atoms with Crippen LogP contribution < -0.4 is 21.1 Å². The van der Waals surface area contributed by atoms with Crippen LogP contribution in [0.25, 0.3) is 0 Å². The van der Waals surface area contributed by atoms with Crippen LogP contribution in [0.5, 0.6) is 5.75 Å². The van der Waals surface area contributed by atoms with Gasteiger partial charge in [0.15, 0.2) is 0 Å². The molecule has 1 unspecified atom stereocenters. The zero-order valence-corrected chi connectivity index (χ0v) is 16.4. The lowest BCUT2D eigenvalue weighted by Gasteiger charge is -2.13. The quantitative estimate of drug-likeness (QED) is 0.570. The van der Waals surface area contributed by atoms with Gasteiger partial charge >= 0.3 is 6.03 Å². The number of benzene rings is 2. The topological polar surface area (TPSA) is 131 Å². The van der Waals surface area contributed by atoms with Crippen molar-refractivity contribution in [2.24, 2.45) is 5.73 Å². The molecule has 9 heteroatoms. The second-order valence-corrected chi connectivity index (χ2v) is 6.80. The molecule has 1 aliphatic heterocycles. The molecule has 9 nitrogen and oxygen atoms in total. The number of primary amides is 1. The number of nitrogens with one attached hydrogen (secondary N) is 2. The Morgan fingerprint density at radius 3 is 2.37 bits per heavy atom. The third-order valence-corrected chi connectivity index (χ3v) is 4.72. The van der Waals surface area contributed by atoms with Crippen LogP contribution in [0.2, 0.25) is 0 Å². The van der Waals surface area contributed by atoms with Crippen molar-refractivity contribution in [2.45, 2.75) is 25.4 Å². The molecule has 1 fully saturated rings. The van der Waals surface area contributed by atoms with Crippen molar-refractivity contribution in [3.63, 3.8) is 0 Å². The highest BCUT2D eigenvalue weighted by Gasteiger charge is 2.37. The summed E-state index contributed by atoms with van der Waals surface area (Å²) < 4.78 is 5.09. The van der Waals surface area contributed by atoms with Crippen LogP contribution >= 0.6 is 0 Å². The normalized spacial score (nSPS) is 15.6. The highest BCUT2D eigenvalue weighted by atomic mass is 16.5. The summed E-state index contributed by atoms with van der Waals surface area (Å²) in [5.41, 5.74) is 6.81. The third-order valence-electron chi connectivity index (χ3n) is 4.72. The van der Waals surface area contributed by atoms with Crippen LogP contribution in [-0.2, 0) is 16.1 Å². The van der Waals surface area contributed by atoms with E-state index < -0.39 is 18.0 Å². The Morgan fingerprint density at radius 2 is 1.77 bits per heavy atom. The number of nitrogens with two attached hydrogens (primary N) is 1. The van der Waals surface area contributed by atoms with E-state index >= 15 is 0 Å². The molecule has 1 atom stereocenters. The van der Waals surface area contributed by atoms with Crippen LogP contribution in [-0.4, -0.2) is 41.8 Å². The van der Waals surface area contributed by atoms with Gasteiger partial charge in [-0.15, -0.1) is 0 Å².